The number of likely N-dealkylation sites (N-methyl/N-ethyl adjacent to an activating group) is 1. The molecule has 2 heterocycles. The Kier molecular flexibility index (Phi) is 4.98. The third kappa shape index (κ3) is 3.81. The molecular weight excluding hydrogens is 260 g/mol. The zero-order valence-corrected chi connectivity index (χ0v) is 12.4. The van der Waals surface area contributed by atoms with E-state index in [1.165, 1.54) is 11.5 Å². The van der Waals surface area contributed by atoms with E-state index in [9.17, 15) is 0 Å². The molecule has 0 aliphatic heterocycles. The molecule has 104 valence electrons. The lowest BCUT2D eigenvalue weighted by molar-refractivity contribution is 0.448. The Morgan fingerprint density at radius 2 is 2.26 bits per heavy atom. The van der Waals surface area contributed by atoms with Crippen molar-refractivity contribution >= 4 is 11.5 Å². The molecule has 0 aromatic carbocycles. The smallest absolute Gasteiger partial charge is 0.138 e. The summed E-state index contributed by atoms with van der Waals surface area (Å²) >= 11 is 1.43. The molecular formula is C12H20N6S. The zero-order valence-electron chi connectivity index (χ0n) is 11.6. The molecule has 2 aromatic rings. The van der Waals surface area contributed by atoms with Gasteiger partial charge in [0.1, 0.15) is 12.2 Å². The summed E-state index contributed by atoms with van der Waals surface area (Å²) in [5.41, 5.74) is 0. The summed E-state index contributed by atoms with van der Waals surface area (Å²) in [6.45, 7) is 8.26. The highest BCUT2D eigenvalue weighted by Gasteiger charge is 2.17. The predicted octanol–water partition coefficient (Wildman–Crippen LogP) is 1.68. The number of rotatable bonds is 7. The van der Waals surface area contributed by atoms with Crippen molar-refractivity contribution in [2.24, 2.45) is 5.92 Å². The molecule has 2 aromatic heterocycles. The lowest BCUT2D eigenvalue weighted by atomic mass is 10.1. The first-order chi connectivity index (χ1) is 9.20. The fraction of sp³-hybridized carbons (Fsp3) is 0.667. The van der Waals surface area contributed by atoms with Crippen molar-refractivity contribution < 1.29 is 0 Å². The molecule has 1 N–H and O–H groups in total. The predicted molar refractivity (Wildman–Crippen MR) is 74.9 cm³/mol. The molecule has 0 bridgehead atoms. The van der Waals surface area contributed by atoms with Crippen LogP contribution in [0.5, 0.6) is 0 Å². The van der Waals surface area contributed by atoms with Crippen LogP contribution in [0.1, 0.15) is 37.5 Å². The van der Waals surface area contributed by atoms with Crippen LogP contribution in [-0.2, 0) is 13.0 Å². The topological polar surface area (TPSA) is 68.5 Å². The Morgan fingerprint density at radius 3 is 2.89 bits per heavy atom. The van der Waals surface area contributed by atoms with E-state index >= 15 is 0 Å². The number of nitrogens with zero attached hydrogens (tertiary/aromatic N) is 5. The van der Waals surface area contributed by atoms with Crippen molar-refractivity contribution in [2.75, 3.05) is 6.54 Å². The van der Waals surface area contributed by atoms with E-state index in [1.54, 1.807) is 6.33 Å². The van der Waals surface area contributed by atoms with Crippen LogP contribution in [0, 0.1) is 5.92 Å². The van der Waals surface area contributed by atoms with Crippen molar-refractivity contribution in [3.8, 4) is 0 Å². The van der Waals surface area contributed by atoms with Crippen molar-refractivity contribution in [2.45, 2.75) is 39.8 Å². The third-order valence-electron chi connectivity index (χ3n) is 2.79. The largest absolute Gasteiger partial charge is 0.309 e. The molecule has 0 amide bonds. The normalized spacial score (nSPS) is 13.1. The average Bonchev–Trinajstić information content (AvgIpc) is 3.00. The molecule has 19 heavy (non-hydrogen) atoms. The first-order valence-electron chi connectivity index (χ1n) is 6.58. The fourth-order valence-corrected chi connectivity index (χ4v) is 2.55. The van der Waals surface area contributed by atoms with Gasteiger partial charge in [0, 0.05) is 13.0 Å². The second-order valence-electron chi connectivity index (χ2n) is 4.89. The van der Waals surface area contributed by atoms with Crippen LogP contribution in [-0.4, -0.2) is 30.9 Å². The van der Waals surface area contributed by atoms with Crippen LogP contribution < -0.4 is 5.32 Å². The minimum atomic E-state index is 0.208. The summed E-state index contributed by atoms with van der Waals surface area (Å²) in [7, 11) is 0. The molecule has 0 saturated heterocycles. The standard InChI is InChI=1S/C12H20N6S/c1-4-13-10(11-6-15-17-19-11)5-12-14-8-16-18(12)7-9(2)3/h6,8-10,13H,4-5,7H2,1-3H3. The molecule has 0 spiro atoms. The van der Waals surface area contributed by atoms with Crippen LogP contribution in [0.3, 0.4) is 0 Å². The molecule has 2 rings (SSSR count). The van der Waals surface area contributed by atoms with Gasteiger partial charge in [-0.25, -0.2) is 9.67 Å². The number of nitrogens with one attached hydrogen (secondary N) is 1. The van der Waals surface area contributed by atoms with Gasteiger partial charge in [-0.15, -0.1) is 5.10 Å². The van der Waals surface area contributed by atoms with Crippen LogP contribution in [0.2, 0.25) is 0 Å². The Labute approximate surface area is 117 Å². The summed E-state index contributed by atoms with van der Waals surface area (Å²) in [6, 6.07) is 0.208. The maximum Gasteiger partial charge on any atom is 0.138 e. The van der Waals surface area contributed by atoms with Gasteiger partial charge < -0.3 is 5.32 Å². The van der Waals surface area contributed by atoms with E-state index in [0.717, 1.165) is 30.2 Å². The highest BCUT2D eigenvalue weighted by Crippen LogP contribution is 2.19. The van der Waals surface area contributed by atoms with Crippen LogP contribution in [0.4, 0.5) is 0 Å². The van der Waals surface area contributed by atoms with E-state index in [-0.39, 0.29) is 6.04 Å². The second-order valence-corrected chi connectivity index (χ2v) is 5.70. The molecule has 0 aliphatic rings. The Hall–Kier alpha value is -1.34. The van der Waals surface area contributed by atoms with E-state index in [0.29, 0.717) is 5.92 Å². The van der Waals surface area contributed by atoms with Gasteiger partial charge in [0.25, 0.3) is 0 Å². The van der Waals surface area contributed by atoms with Gasteiger partial charge in [-0.2, -0.15) is 5.10 Å². The van der Waals surface area contributed by atoms with Crippen molar-refractivity contribution in [1.29, 1.82) is 0 Å². The molecule has 0 radical (unpaired) electrons. The van der Waals surface area contributed by atoms with Crippen molar-refractivity contribution in [3.05, 3.63) is 23.2 Å². The SMILES string of the molecule is CCNC(Cc1ncnn1CC(C)C)c1cnns1. The minimum absolute atomic E-state index is 0.208. The van der Waals surface area contributed by atoms with Gasteiger partial charge in [-0.05, 0) is 24.0 Å². The van der Waals surface area contributed by atoms with Gasteiger partial charge in [-0.1, -0.05) is 25.3 Å². The molecule has 0 saturated carbocycles. The summed E-state index contributed by atoms with van der Waals surface area (Å²) in [4.78, 5) is 5.52. The van der Waals surface area contributed by atoms with Crippen molar-refractivity contribution in [3.63, 3.8) is 0 Å². The summed E-state index contributed by atoms with van der Waals surface area (Å²) < 4.78 is 5.92. The van der Waals surface area contributed by atoms with Crippen LogP contribution in [0.25, 0.3) is 0 Å². The zero-order chi connectivity index (χ0) is 13.7. The summed E-state index contributed by atoms with van der Waals surface area (Å²) in [5, 5.41) is 11.7. The molecule has 0 fully saturated rings. The Balaban J connectivity index is 2.11. The lowest BCUT2D eigenvalue weighted by Gasteiger charge is -2.16. The maximum absolute atomic E-state index is 4.38. The van der Waals surface area contributed by atoms with Gasteiger partial charge in [0.05, 0.1) is 17.1 Å². The first kappa shape index (κ1) is 14.1. The number of hydrogen-bond donors (Lipinski definition) is 1. The minimum Gasteiger partial charge on any atom is -0.309 e. The summed E-state index contributed by atoms with van der Waals surface area (Å²) in [5.74, 6) is 1.57. The Bertz CT molecular complexity index is 478. The monoisotopic (exact) mass is 280 g/mol. The third-order valence-corrected chi connectivity index (χ3v) is 3.57. The summed E-state index contributed by atoms with van der Waals surface area (Å²) in [6.07, 6.45) is 4.26. The highest BCUT2D eigenvalue weighted by atomic mass is 32.1. The van der Waals surface area contributed by atoms with E-state index in [4.69, 9.17) is 0 Å². The molecule has 6 nitrogen and oxygen atoms in total. The first-order valence-corrected chi connectivity index (χ1v) is 7.35. The number of hydrogen-bond acceptors (Lipinski definition) is 6. The van der Waals surface area contributed by atoms with Gasteiger partial charge in [0.15, 0.2) is 0 Å². The fourth-order valence-electron chi connectivity index (χ4n) is 1.98. The average molecular weight is 280 g/mol. The molecule has 1 atom stereocenters. The molecule has 0 aliphatic carbocycles. The van der Waals surface area contributed by atoms with Gasteiger partial charge in [-0.3, -0.25) is 0 Å². The van der Waals surface area contributed by atoms with E-state index in [2.05, 4.69) is 45.8 Å². The van der Waals surface area contributed by atoms with E-state index in [1.807, 2.05) is 10.9 Å². The number of aromatic nitrogens is 5. The lowest BCUT2D eigenvalue weighted by Crippen LogP contribution is -2.24. The van der Waals surface area contributed by atoms with Crippen LogP contribution in [0.15, 0.2) is 12.5 Å². The molecule has 7 heteroatoms. The van der Waals surface area contributed by atoms with Gasteiger partial charge in [0.2, 0.25) is 0 Å². The maximum atomic E-state index is 4.38. The second kappa shape index (κ2) is 6.72. The van der Waals surface area contributed by atoms with E-state index < -0.39 is 0 Å². The quantitative estimate of drug-likeness (QED) is 0.835. The highest BCUT2D eigenvalue weighted by molar-refractivity contribution is 7.05. The molecule has 1 unspecified atom stereocenters. The Morgan fingerprint density at radius 1 is 1.42 bits per heavy atom. The van der Waals surface area contributed by atoms with Crippen molar-refractivity contribution in [1.82, 2.24) is 29.7 Å². The van der Waals surface area contributed by atoms with Crippen LogP contribution >= 0.6 is 11.5 Å². The van der Waals surface area contributed by atoms with Gasteiger partial charge >= 0.3 is 0 Å².